The van der Waals surface area contributed by atoms with Crippen molar-refractivity contribution >= 4 is 5.97 Å². The third-order valence-electron chi connectivity index (χ3n) is 0.301. The third-order valence-corrected chi connectivity index (χ3v) is 0.301. The number of carbonyl (C=O) groups excluding carboxylic acids is 1. The number of aliphatic hydroxyl groups is 2. The third kappa shape index (κ3) is 2.10. The second-order valence-corrected chi connectivity index (χ2v) is 0.784. The molecule has 0 aliphatic carbocycles. The molecule has 0 spiro atoms. The second-order valence-electron chi connectivity index (χ2n) is 0.784. The molecule has 0 saturated carbocycles. The molecule has 0 aromatic heterocycles. The molecule has 42 valence electrons. The predicted molar refractivity (Wildman–Crippen MR) is 16.9 cm³/mol. The van der Waals surface area contributed by atoms with E-state index < -0.39 is 12.3 Å². The molecule has 0 fully saturated rings. The normalized spacial score (nSPS) is 9.14. The molecule has 0 aliphatic heterocycles. The van der Waals surface area contributed by atoms with Gasteiger partial charge in [-0.25, -0.2) is 4.79 Å². The second kappa shape index (κ2) is 2.51. The Morgan fingerprint density at radius 1 is 1.57 bits per heavy atom. The average Bonchev–Trinajstić information content (AvgIpc) is 1.65. The maximum absolute atomic E-state index is 9.54. The molecule has 0 amide bonds. The molecular weight excluding hydrogens is 104 g/mol. The van der Waals surface area contributed by atoms with E-state index in [0.717, 1.165) is 0 Å². The van der Waals surface area contributed by atoms with Gasteiger partial charge in [0.05, 0.1) is 0 Å². The number of hydrogen-bond acceptors (Lipinski definition) is 5. The molecule has 0 radical (unpaired) electrons. The van der Waals surface area contributed by atoms with Gasteiger partial charge in [-0.3, -0.25) is 4.89 Å². The fourth-order valence-corrected chi connectivity index (χ4v) is 0.0471. The van der Waals surface area contributed by atoms with Gasteiger partial charge < -0.3 is 10.2 Å². The summed E-state index contributed by atoms with van der Waals surface area (Å²) in [5.41, 5.74) is 0. The average molecular weight is 108 g/mol. The number of hydrogen-bond donors (Lipinski definition) is 3. The highest BCUT2D eigenvalue weighted by atomic mass is 17.1. The first-order valence-electron chi connectivity index (χ1n) is 1.40. The van der Waals surface area contributed by atoms with E-state index in [4.69, 9.17) is 15.5 Å². The molecule has 0 aliphatic rings. The Kier molecular flexibility index (Phi) is 2.28. The molecule has 0 saturated heterocycles. The van der Waals surface area contributed by atoms with E-state index in [1.807, 2.05) is 0 Å². The SMILES string of the molecule is O=C(OO)C(O)O. The van der Waals surface area contributed by atoms with Crippen LogP contribution >= 0.6 is 0 Å². The lowest BCUT2D eigenvalue weighted by Crippen LogP contribution is -2.20. The molecule has 7 heavy (non-hydrogen) atoms. The van der Waals surface area contributed by atoms with Crippen LogP contribution in [0.4, 0.5) is 0 Å². The van der Waals surface area contributed by atoms with Crippen LogP contribution < -0.4 is 0 Å². The van der Waals surface area contributed by atoms with Crippen LogP contribution in [-0.2, 0) is 9.68 Å². The smallest absolute Gasteiger partial charge is 0.359 e. The van der Waals surface area contributed by atoms with Crippen LogP contribution in [0.5, 0.6) is 0 Å². The van der Waals surface area contributed by atoms with Gasteiger partial charge in [-0.2, -0.15) is 5.26 Å². The van der Waals surface area contributed by atoms with Crippen LogP contribution in [0.15, 0.2) is 0 Å². The van der Waals surface area contributed by atoms with Gasteiger partial charge in [0, 0.05) is 0 Å². The van der Waals surface area contributed by atoms with Gasteiger partial charge in [-0.1, -0.05) is 0 Å². The van der Waals surface area contributed by atoms with Crippen LogP contribution in [0, 0.1) is 0 Å². The topological polar surface area (TPSA) is 87.0 Å². The van der Waals surface area contributed by atoms with E-state index in [1.165, 1.54) is 0 Å². The van der Waals surface area contributed by atoms with E-state index in [0.29, 0.717) is 0 Å². The van der Waals surface area contributed by atoms with Crippen molar-refractivity contribution in [3.8, 4) is 0 Å². The first-order chi connectivity index (χ1) is 3.18. The Bertz CT molecular complexity index is 66.5. The summed E-state index contributed by atoms with van der Waals surface area (Å²) in [5, 5.41) is 22.8. The van der Waals surface area contributed by atoms with Crippen LogP contribution in [0.25, 0.3) is 0 Å². The summed E-state index contributed by atoms with van der Waals surface area (Å²) in [6, 6.07) is 0. The highest BCUT2D eigenvalue weighted by molar-refractivity contribution is 5.71. The van der Waals surface area contributed by atoms with Crippen molar-refractivity contribution in [2.24, 2.45) is 0 Å². The van der Waals surface area contributed by atoms with Crippen molar-refractivity contribution < 1.29 is 25.2 Å². The highest BCUT2D eigenvalue weighted by Crippen LogP contribution is 1.76. The lowest BCUT2D eigenvalue weighted by molar-refractivity contribution is -0.255. The van der Waals surface area contributed by atoms with E-state index in [2.05, 4.69) is 4.89 Å². The zero-order valence-electron chi connectivity index (χ0n) is 3.24. The Morgan fingerprint density at radius 3 is 2.00 bits per heavy atom. The zero-order valence-corrected chi connectivity index (χ0v) is 3.24. The van der Waals surface area contributed by atoms with Crippen LogP contribution in [0.3, 0.4) is 0 Å². The van der Waals surface area contributed by atoms with Gasteiger partial charge in [0.25, 0.3) is 6.29 Å². The Balaban J connectivity index is 3.35. The summed E-state index contributed by atoms with van der Waals surface area (Å²) in [6.07, 6.45) is -2.25. The largest absolute Gasteiger partial charge is 0.397 e. The molecule has 0 rings (SSSR count). The quantitative estimate of drug-likeness (QED) is 0.212. The lowest BCUT2D eigenvalue weighted by atomic mass is 10.7. The van der Waals surface area contributed by atoms with Gasteiger partial charge in [0.2, 0.25) is 0 Å². The Morgan fingerprint density at radius 2 is 2.00 bits per heavy atom. The standard InChI is InChI=1S/C2H4O5/c3-1(4)2(5)7-6/h1,3-4,6H. The van der Waals surface area contributed by atoms with Gasteiger partial charge in [0.1, 0.15) is 0 Å². The first-order valence-corrected chi connectivity index (χ1v) is 1.40. The molecule has 5 nitrogen and oxygen atoms in total. The molecule has 5 heteroatoms. The summed E-state index contributed by atoms with van der Waals surface area (Å²) < 4.78 is 0. The highest BCUT2D eigenvalue weighted by Gasteiger charge is 2.10. The molecular formula is C2H4O5. The van der Waals surface area contributed by atoms with Gasteiger partial charge >= 0.3 is 5.97 Å². The van der Waals surface area contributed by atoms with E-state index in [9.17, 15) is 4.79 Å². The first kappa shape index (κ1) is 6.35. The van der Waals surface area contributed by atoms with Crippen LogP contribution in [-0.4, -0.2) is 27.7 Å². The van der Waals surface area contributed by atoms with Crippen molar-refractivity contribution in [1.82, 2.24) is 0 Å². The fourth-order valence-electron chi connectivity index (χ4n) is 0.0471. The van der Waals surface area contributed by atoms with Gasteiger partial charge in [0.15, 0.2) is 0 Å². The predicted octanol–water partition coefficient (Wildman–Crippen LogP) is -1.69. The van der Waals surface area contributed by atoms with Crippen molar-refractivity contribution in [3.63, 3.8) is 0 Å². The van der Waals surface area contributed by atoms with Crippen LogP contribution in [0.1, 0.15) is 0 Å². The van der Waals surface area contributed by atoms with E-state index in [1.54, 1.807) is 0 Å². The van der Waals surface area contributed by atoms with E-state index >= 15 is 0 Å². The van der Waals surface area contributed by atoms with Crippen molar-refractivity contribution in [2.75, 3.05) is 0 Å². The Hall–Kier alpha value is -0.650. The van der Waals surface area contributed by atoms with E-state index in [-0.39, 0.29) is 0 Å². The Labute approximate surface area is 38.7 Å². The fraction of sp³-hybridized carbons (Fsp3) is 0.500. The molecule has 3 N–H and O–H groups in total. The monoisotopic (exact) mass is 108 g/mol. The maximum atomic E-state index is 9.54. The number of rotatable bonds is 1. The number of carbonyl (C=O) groups is 1. The molecule has 0 atom stereocenters. The molecule has 0 heterocycles. The number of aliphatic hydroxyl groups excluding tert-OH is 1. The van der Waals surface area contributed by atoms with Crippen LogP contribution in [0.2, 0.25) is 0 Å². The van der Waals surface area contributed by atoms with Gasteiger partial charge in [-0.15, -0.1) is 0 Å². The van der Waals surface area contributed by atoms with Crippen molar-refractivity contribution in [3.05, 3.63) is 0 Å². The summed E-state index contributed by atoms with van der Waals surface area (Å²) in [6.45, 7) is 0. The van der Waals surface area contributed by atoms with Crippen molar-refractivity contribution in [1.29, 1.82) is 0 Å². The maximum Gasteiger partial charge on any atom is 0.397 e. The summed E-state index contributed by atoms with van der Waals surface area (Å²) in [4.78, 5) is 12.4. The minimum Gasteiger partial charge on any atom is -0.359 e. The minimum absolute atomic E-state index is 1.49. The summed E-state index contributed by atoms with van der Waals surface area (Å²) >= 11 is 0. The van der Waals surface area contributed by atoms with Crippen molar-refractivity contribution in [2.45, 2.75) is 6.29 Å². The summed E-state index contributed by atoms with van der Waals surface area (Å²) in [5.74, 6) is -1.49. The zero-order chi connectivity index (χ0) is 5.86. The molecule has 0 aromatic rings. The minimum atomic E-state index is -2.25. The molecule has 0 unspecified atom stereocenters. The molecule has 0 aromatic carbocycles. The molecule has 0 bridgehead atoms. The summed E-state index contributed by atoms with van der Waals surface area (Å²) in [7, 11) is 0. The van der Waals surface area contributed by atoms with Gasteiger partial charge in [-0.05, 0) is 0 Å². The lowest BCUT2D eigenvalue weighted by Gasteiger charge is -1.93.